The van der Waals surface area contributed by atoms with Gasteiger partial charge in [-0.1, -0.05) is 78.3 Å². The minimum atomic E-state index is -1.57. The molecule has 48 heavy (non-hydrogen) atoms. The number of aromatic nitrogens is 3. The van der Waals surface area contributed by atoms with Gasteiger partial charge in [-0.2, -0.15) is 0 Å². The number of ether oxygens (including phenoxy) is 1. The lowest BCUT2D eigenvalue weighted by molar-refractivity contribution is -0.124. The van der Waals surface area contributed by atoms with Gasteiger partial charge in [-0.15, -0.1) is 0 Å². The lowest BCUT2D eigenvalue weighted by Crippen LogP contribution is -2.53. The average molecular weight is 661 g/mol. The van der Waals surface area contributed by atoms with Crippen LogP contribution in [0.4, 0.5) is 5.69 Å². The zero-order valence-corrected chi connectivity index (χ0v) is 26.4. The second-order valence-corrected chi connectivity index (χ2v) is 12.6. The Morgan fingerprint density at radius 3 is 2.23 bits per heavy atom. The van der Waals surface area contributed by atoms with Gasteiger partial charge in [0.1, 0.15) is 11.5 Å². The summed E-state index contributed by atoms with van der Waals surface area (Å²) in [4.78, 5) is 59.3. The number of imide groups is 1. The molecule has 3 heterocycles. The Kier molecular flexibility index (Phi) is 6.81. The molecule has 4 atom stereocenters. The van der Waals surface area contributed by atoms with Gasteiger partial charge >= 0.3 is 11.4 Å². The molecular weight excluding hydrogens is 632 g/mol. The smallest absolute Gasteiger partial charge is 0.352 e. The van der Waals surface area contributed by atoms with E-state index in [4.69, 9.17) is 16.3 Å². The third-order valence-corrected chi connectivity index (χ3v) is 10.2. The standard InChI is InChI=1S/C37H29ClN4O6/c1-48-30-17-9-16-29(43)31(30)32-26-18-19-39-35(46)41(24-13-6-3-7-14-24)36(47)42(39)28(26)21-27-33(44)40(25-15-8-12-23(38)20-25)34(45)37(27,32)22-10-4-2-5-11-22/h2-18,20,27-28,32,43H,19,21H2,1H3. The fourth-order valence-corrected chi connectivity index (χ4v) is 8.30. The molecule has 2 fully saturated rings. The predicted molar refractivity (Wildman–Crippen MR) is 179 cm³/mol. The largest absolute Gasteiger partial charge is 0.508 e. The number of hydrogen-bond donors (Lipinski definition) is 1. The van der Waals surface area contributed by atoms with E-state index < -0.39 is 46.5 Å². The number of carbonyl (C=O) groups excluding carboxylic acids is 2. The zero-order valence-electron chi connectivity index (χ0n) is 25.7. The van der Waals surface area contributed by atoms with Crippen LogP contribution in [0.5, 0.6) is 11.5 Å². The van der Waals surface area contributed by atoms with Crippen LogP contribution in [-0.4, -0.2) is 38.0 Å². The molecule has 10 nitrogen and oxygen atoms in total. The summed E-state index contributed by atoms with van der Waals surface area (Å²) >= 11 is 6.37. The van der Waals surface area contributed by atoms with E-state index >= 15 is 4.79 Å². The highest BCUT2D eigenvalue weighted by molar-refractivity contribution is 6.32. The number of fused-ring (bicyclic) bond motifs is 4. The second kappa shape index (κ2) is 11.0. The van der Waals surface area contributed by atoms with E-state index in [9.17, 15) is 19.5 Å². The molecular formula is C37H29ClN4O6. The molecule has 4 unspecified atom stereocenters. The summed E-state index contributed by atoms with van der Waals surface area (Å²) in [5.41, 5.74) is -0.426. The van der Waals surface area contributed by atoms with Gasteiger partial charge in [-0.25, -0.2) is 28.4 Å². The molecule has 1 aliphatic carbocycles. The molecule has 0 spiro atoms. The first-order valence-corrected chi connectivity index (χ1v) is 15.9. The van der Waals surface area contributed by atoms with Crippen molar-refractivity contribution in [2.75, 3.05) is 12.0 Å². The maximum absolute atomic E-state index is 15.3. The van der Waals surface area contributed by atoms with Gasteiger partial charge in [0.2, 0.25) is 11.8 Å². The van der Waals surface area contributed by atoms with Crippen molar-refractivity contribution < 1.29 is 19.4 Å². The predicted octanol–water partition coefficient (Wildman–Crippen LogP) is 4.96. The van der Waals surface area contributed by atoms with Gasteiger partial charge in [-0.05, 0) is 60.0 Å². The molecule has 2 amide bonds. The number of methoxy groups -OCH3 is 1. The molecule has 11 heteroatoms. The summed E-state index contributed by atoms with van der Waals surface area (Å²) in [7, 11) is 1.47. The molecule has 1 N–H and O–H groups in total. The number of rotatable bonds is 5. The highest BCUT2D eigenvalue weighted by Crippen LogP contribution is 2.64. The number of allylic oxidation sites excluding steroid dienone is 2. The van der Waals surface area contributed by atoms with Gasteiger partial charge in [0, 0.05) is 16.5 Å². The Morgan fingerprint density at radius 2 is 1.52 bits per heavy atom. The molecule has 5 aromatic rings. The van der Waals surface area contributed by atoms with Crippen LogP contribution < -0.4 is 21.0 Å². The highest BCUT2D eigenvalue weighted by atomic mass is 35.5. The number of nitrogens with zero attached hydrogens (tertiary/aromatic N) is 4. The summed E-state index contributed by atoms with van der Waals surface area (Å²) in [6.45, 7) is 0.0296. The molecule has 1 saturated heterocycles. The number of phenols is 1. The molecule has 4 aromatic carbocycles. The number of carbonyl (C=O) groups is 2. The third-order valence-electron chi connectivity index (χ3n) is 10.00. The number of hydrogen-bond acceptors (Lipinski definition) is 6. The number of halogens is 1. The first-order valence-electron chi connectivity index (χ1n) is 15.5. The van der Waals surface area contributed by atoms with Gasteiger partial charge in [0.25, 0.3) is 0 Å². The quantitative estimate of drug-likeness (QED) is 0.210. The molecule has 3 aliphatic rings. The molecule has 1 saturated carbocycles. The van der Waals surface area contributed by atoms with Crippen molar-refractivity contribution in [3.05, 3.63) is 152 Å². The fourth-order valence-electron chi connectivity index (χ4n) is 8.12. The van der Waals surface area contributed by atoms with Crippen LogP contribution in [0.3, 0.4) is 0 Å². The summed E-state index contributed by atoms with van der Waals surface area (Å²) in [5, 5.41) is 12.0. The van der Waals surface area contributed by atoms with Crippen LogP contribution in [0.2, 0.25) is 5.02 Å². The Hall–Kier alpha value is -5.61. The van der Waals surface area contributed by atoms with E-state index in [1.54, 1.807) is 66.7 Å². The van der Waals surface area contributed by atoms with Crippen molar-refractivity contribution in [3.63, 3.8) is 0 Å². The number of amides is 2. The van der Waals surface area contributed by atoms with Crippen LogP contribution in [0.25, 0.3) is 5.69 Å². The van der Waals surface area contributed by atoms with Gasteiger partial charge in [-0.3, -0.25) is 9.59 Å². The number of phenolic OH excluding ortho intramolecular Hbond substituents is 1. The van der Waals surface area contributed by atoms with Crippen LogP contribution >= 0.6 is 11.6 Å². The van der Waals surface area contributed by atoms with Crippen LogP contribution in [-0.2, 0) is 21.5 Å². The van der Waals surface area contributed by atoms with Gasteiger partial charge in [0.15, 0.2) is 0 Å². The Labute approximate surface area is 279 Å². The van der Waals surface area contributed by atoms with Crippen molar-refractivity contribution in [1.29, 1.82) is 0 Å². The SMILES string of the molecule is COc1cccc(O)c1C1C2=CCn3c(=O)n(-c4ccccc4)c(=O)n3C2CC2C(=O)N(c3cccc(Cl)c3)C(=O)C21c1ccccc1. The fraction of sp³-hybridized carbons (Fsp3) is 0.189. The lowest BCUT2D eigenvalue weighted by atomic mass is 9.53. The number of para-hydroxylation sites is 1. The minimum absolute atomic E-state index is 0.0296. The summed E-state index contributed by atoms with van der Waals surface area (Å²) in [6, 6.07) is 28.3. The molecule has 2 aliphatic heterocycles. The average Bonchev–Trinajstić information content (AvgIpc) is 3.49. The lowest BCUT2D eigenvalue weighted by Gasteiger charge is -2.49. The van der Waals surface area contributed by atoms with E-state index in [0.29, 0.717) is 38.8 Å². The maximum Gasteiger partial charge on any atom is 0.352 e. The van der Waals surface area contributed by atoms with Gasteiger partial charge in [0.05, 0.1) is 42.4 Å². The van der Waals surface area contributed by atoms with Crippen molar-refractivity contribution in [2.24, 2.45) is 5.92 Å². The van der Waals surface area contributed by atoms with Crippen molar-refractivity contribution in [2.45, 2.75) is 30.3 Å². The molecule has 0 bridgehead atoms. The van der Waals surface area contributed by atoms with Crippen molar-refractivity contribution in [1.82, 2.24) is 13.9 Å². The molecule has 0 radical (unpaired) electrons. The summed E-state index contributed by atoms with van der Waals surface area (Å²) < 4.78 is 9.70. The van der Waals surface area contributed by atoms with Crippen LogP contribution in [0, 0.1) is 5.92 Å². The molecule has 240 valence electrons. The monoisotopic (exact) mass is 660 g/mol. The van der Waals surface area contributed by atoms with E-state index in [0.717, 1.165) is 4.57 Å². The Balaban J connectivity index is 1.45. The first kappa shape index (κ1) is 29.8. The van der Waals surface area contributed by atoms with E-state index in [1.807, 2.05) is 36.4 Å². The van der Waals surface area contributed by atoms with Crippen molar-refractivity contribution in [3.8, 4) is 17.2 Å². The number of anilines is 1. The molecule has 8 rings (SSSR count). The van der Waals surface area contributed by atoms with Crippen LogP contribution in [0.15, 0.2) is 124 Å². The van der Waals surface area contributed by atoms with E-state index in [2.05, 4.69) is 0 Å². The third kappa shape index (κ3) is 3.99. The summed E-state index contributed by atoms with van der Waals surface area (Å²) in [6.07, 6.45) is 1.88. The Bertz CT molecular complexity index is 2270. The topological polar surface area (TPSA) is 116 Å². The van der Waals surface area contributed by atoms with E-state index in [1.165, 1.54) is 27.4 Å². The first-order chi connectivity index (χ1) is 23.3. The second-order valence-electron chi connectivity index (χ2n) is 12.2. The van der Waals surface area contributed by atoms with E-state index in [-0.39, 0.29) is 18.7 Å². The minimum Gasteiger partial charge on any atom is -0.508 e. The van der Waals surface area contributed by atoms with Crippen LogP contribution in [0.1, 0.15) is 29.5 Å². The number of aromatic hydroxyl groups is 1. The zero-order chi connectivity index (χ0) is 33.3. The maximum atomic E-state index is 15.3. The van der Waals surface area contributed by atoms with Crippen molar-refractivity contribution >= 4 is 29.1 Å². The number of benzene rings is 4. The Morgan fingerprint density at radius 1 is 0.833 bits per heavy atom. The highest BCUT2D eigenvalue weighted by Gasteiger charge is 2.69. The van der Waals surface area contributed by atoms with Gasteiger partial charge < -0.3 is 9.84 Å². The summed E-state index contributed by atoms with van der Waals surface area (Å²) in [5.74, 6) is -2.77. The molecule has 1 aromatic heterocycles. The normalized spacial score (nSPS) is 22.9.